The van der Waals surface area contributed by atoms with Crippen LogP contribution in [0, 0.1) is 34.5 Å². The van der Waals surface area contributed by atoms with Crippen molar-refractivity contribution in [1.82, 2.24) is 0 Å². The number of hydrogen-bond acceptors (Lipinski definition) is 6. The molecule has 5 fully saturated rings. The van der Waals surface area contributed by atoms with Gasteiger partial charge in [0.1, 0.15) is 11.4 Å². The predicted octanol–water partition coefficient (Wildman–Crippen LogP) is 1.24. The van der Waals surface area contributed by atoms with Crippen LogP contribution in [0.1, 0.15) is 45.4 Å². The van der Waals surface area contributed by atoms with Gasteiger partial charge in [0, 0.05) is 24.2 Å². The highest BCUT2D eigenvalue weighted by Crippen LogP contribution is 2.76. The minimum atomic E-state index is -1.09. The molecule has 6 nitrogen and oxygen atoms in total. The fourth-order valence-electron chi connectivity index (χ4n) is 7.59. The number of ketones is 1. The summed E-state index contributed by atoms with van der Waals surface area (Å²) in [6, 6.07) is 0. The van der Waals surface area contributed by atoms with Crippen molar-refractivity contribution in [3.05, 3.63) is 0 Å². The highest BCUT2D eigenvalue weighted by atomic mass is 16.6. The number of methoxy groups -OCH3 is 1. The molecule has 25 heavy (non-hydrogen) atoms. The minimum absolute atomic E-state index is 0.00933. The summed E-state index contributed by atoms with van der Waals surface area (Å²) < 4.78 is 11.2. The summed E-state index contributed by atoms with van der Waals surface area (Å²) in [4.78, 5) is 38.3. The third-order valence-electron chi connectivity index (χ3n) is 8.48. The van der Waals surface area contributed by atoms with E-state index in [1.165, 1.54) is 7.11 Å². The van der Waals surface area contributed by atoms with Crippen LogP contribution in [-0.4, -0.2) is 41.6 Å². The smallest absolute Gasteiger partial charge is 0.315 e. The van der Waals surface area contributed by atoms with E-state index in [9.17, 15) is 19.5 Å². The zero-order chi connectivity index (χ0) is 17.8. The first kappa shape index (κ1) is 15.8. The van der Waals surface area contributed by atoms with E-state index < -0.39 is 40.3 Å². The maximum atomic E-state index is 12.9. The number of carbonyl (C=O) groups excluding carboxylic acids is 3. The number of carbonyl (C=O) groups is 3. The van der Waals surface area contributed by atoms with Crippen LogP contribution in [0.25, 0.3) is 0 Å². The van der Waals surface area contributed by atoms with Gasteiger partial charge in [-0.15, -0.1) is 0 Å². The van der Waals surface area contributed by atoms with E-state index in [4.69, 9.17) is 9.47 Å². The first-order chi connectivity index (χ1) is 11.8. The van der Waals surface area contributed by atoms with E-state index in [1.54, 1.807) is 6.92 Å². The zero-order valence-electron chi connectivity index (χ0n) is 14.6. The van der Waals surface area contributed by atoms with Crippen LogP contribution < -0.4 is 0 Å². The van der Waals surface area contributed by atoms with Gasteiger partial charge in [0.05, 0.1) is 24.5 Å². The van der Waals surface area contributed by atoms with Gasteiger partial charge in [-0.2, -0.15) is 0 Å². The van der Waals surface area contributed by atoms with Gasteiger partial charge in [-0.05, 0) is 44.4 Å². The molecule has 1 heterocycles. The van der Waals surface area contributed by atoms with Gasteiger partial charge < -0.3 is 14.6 Å². The largest absolute Gasteiger partial charge is 0.469 e. The Morgan fingerprint density at radius 2 is 2.04 bits per heavy atom. The predicted molar refractivity (Wildman–Crippen MR) is 84.1 cm³/mol. The summed E-state index contributed by atoms with van der Waals surface area (Å²) in [5.41, 5.74) is -2.28. The molecule has 0 aromatic heterocycles. The molecule has 4 saturated carbocycles. The number of rotatable bonds is 1. The lowest BCUT2D eigenvalue weighted by Crippen LogP contribution is -2.53. The number of Topliss-reactive ketones (excluding diaryl/α,β-unsaturated/α-hetero) is 1. The quantitative estimate of drug-likeness (QED) is 0.717. The van der Waals surface area contributed by atoms with E-state index >= 15 is 0 Å². The Kier molecular flexibility index (Phi) is 2.81. The SMILES string of the molecule is COC(=O)[C@H]1[C@@H]2C3(C)C(=O)O[C@]2(CC[C@@H]3O)[C@@H]2CC[C@@H]3C[C@@]21CC3=O. The summed E-state index contributed by atoms with van der Waals surface area (Å²) in [7, 11) is 1.36. The average Bonchev–Trinajstić information content (AvgIpc) is 3.05. The number of aliphatic hydroxyl groups excluding tert-OH is 1. The van der Waals surface area contributed by atoms with Crippen molar-refractivity contribution in [2.45, 2.75) is 57.2 Å². The van der Waals surface area contributed by atoms with Crippen LogP contribution in [0.5, 0.6) is 0 Å². The lowest BCUT2D eigenvalue weighted by Gasteiger charge is -2.44. The van der Waals surface area contributed by atoms with Crippen LogP contribution in [0.15, 0.2) is 0 Å². The number of esters is 2. The number of fused-ring (bicyclic) bond motifs is 1. The second-order valence-electron chi connectivity index (χ2n) is 9.07. The second-order valence-corrected chi connectivity index (χ2v) is 9.07. The molecule has 1 saturated heterocycles. The van der Waals surface area contributed by atoms with Crippen molar-refractivity contribution < 1.29 is 29.0 Å². The minimum Gasteiger partial charge on any atom is -0.469 e. The van der Waals surface area contributed by atoms with Gasteiger partial charge in [-0.3, -0.25) is 14.4 Å². The third kappa shape index (κ3) is 1.47. The van der Waals surface area contributed by atoms with Crippen LogP contribution in [-0.2, 0) is 23.9 Å². The molecule has 0 radical (unpaired) electrons. The molecule has 4 aliphatic carbocycles. The Bertz CT molecular complexity index is 702. The first-order valence-electron chi connectivity index (χ1n) is 9.33. The molecule has 8 atom stereocenters. The van der Waals surface area contributed by atoms with Crippen molar-refractivity contribution in [2.24, 2.45) is 34.5 Å². The Balaban J connectivity index is 1.75. The van der Waals surface area contributed by atoms with Gasteiger partial charge >= 0.3 is 11.9 Å². The summed E-state index contributed by atoms with van der Waals surface area (Å²) in [5.74, 6) is -1.44. The third-order valence-corrected chi connectivity index (χ3v) is 8.48. The molecule has 6 heteroatoms. The maximum absolute atomic E-state index is 12.9. The molecular formula is C19H24O6. The monoisotopic (exact) mass is 348 g/mol. The van der Waals surface area contributed by atoms with Gasteiger partial charge in [0.25, 0.3) is 0 Å². The summed E-state index contributed by atoms with van der Waals surface area (Å²) in [6.45, 7) is 1.74. The molecule has 1 aliphatic heterocycles. The molecule has 0 amide bonds. The first-order valence-corrected chi connectivity index (χ1v) is 9.33. The summed E-state index contributed by atoms with van der Waals surface area (Å²) in [6.07, 6.45) is 2.93. The molecule has 136 valence electrons. The van der Waals surface area contributed by atoms with Gasteiger partial charge in [-0.25, -0.2) is 0 Å². The maximum Gasteiger partial charge on any atom is 0.315 e. The molecule has 5 aliphatic rings. The topological polar surface area (TPSA) is 89.9 Å². The Hall–Kier alpha value is -1.43. The van der Waals surface area contributed by atoms with Crippen LogP contribution >= 0.6 is 0 Å². The lowest BCUT2D eigenvalue weighted by atomic mass is 9.59. The van der Waals surface area contributed by atoms with Crippen LogP contribution in [0.3, 0.4) is 0 Å². The molecule has 0 aromatic carbocycles. The average molecular weight is 348 g/mol. The molecule has 5 rings (SSSR count). The van der Waals surface area contributed by atoms with Gasteiger partial charge in [0.15, 0.2) is 0 Å². The normalized spacial score (nSPS) is 55.6. The van der Waals surface area contributed by atoms with Crippen LogP contribution in [0.2, 0.25) is 0 Å². The zero-order valence-corrected chi connectivity index (χ0v) is 14.6. The van der Waals surface area contributed by atoms with Crippen molar-refractivity contribution in [3.63, 3.8) is 0 Å². The van der Waals surface area contributed by atoms with Crippen molar-refractivity contribution >= 4 is 17.7 Å². The van der Waals surface area contributed by atoms with Crippen molar-refractivity contribution in [3.8, 4) is 0 Å². The number of ether oxygens (including phenoxy) is 2. The van der Waals surface area contributed by atoms with Crippen molar-refractivity contribution in [1.29, 1.82) is 0 Å². The standard InChI is InChI=1S/C19H24O6/c1-17-12(21)5-6-19(25-16(17)23)11-4-3-9-7-18(11,8-10(9)20)13(14(17)19)15(22)24-2/h9,11-14,21H,3-8H2,1-2H3/t9-,11-,12+,13-,14-,17?,18-,19-/m1/s1. The second kappa shape index (κ2) is 4.45. The van der Waals surface area contributed by atoms with Gasteiger partial charge in [-0.1, -0.05) is 0 Å². The highest BCUT2D eigenvalue weighted by Gasteiger charge is 2.83. The molecular weight excluding hydrogens is 324 g/mol. The molecule has 4 bridgehead atoms. The van der Waals surface area contributed by atoms with E-state index in [0.29, 0.717) is 25.7 Å². The van der Waals surface area contributed by atoms with Crippen LogP contribution in [0.4, 0.5) is 0 Å². The molecule has 0 aromatic rings. The fraction of sp³-hybridized carbons (Fsp3) is 0.842. The highest BCUT2D eigenvalue weighted by molar-refractivity contribution is 5.90. The Morgan fingerprint density at radius 3 is 2.76 bits per heavy atom. The molecule has 1 spiro atoms. The van der Waals surface area contributed by atoms with E-state index in [2.05, 4.69) is 0 Å². The number of aliphatic hydroxyl groups is 1. The Morgan fingerprint density at radius 1 is 1.28 bits per heavy atom. The summed E-state index contributed by atoms with van der Waals surface area (Å²) in [5, 5.41) is 10.7. The van der Waals surface area contributed by atoms with Gasteiger partial charge in [0.2, 0.25) is 0 Å². The lowest BCUT2D eigenvalue weighted by molar-refractivity contribution is -0.163. The summed E-state index contributed by atoms with van der Waals surface area (Å²) >= 11 is 0. The van der Waals surface area contributed by atoms with Crippen molar-refractivity contribution in [2.75, 3.05) is 7.11 Å². The fourth-order valence-corrected chi connectivity index (χ4v) is 7.59. The number of hydrogen-bond donors (Lipinski definition) is 1. The van der Waals surface area contributed by atoms with E-state index in [-0.39, 0.29) is 23.6 Å². The van der Waals surface area contributed by atoms with E-state index in [0.717, 1.165) is 12.8 Å². The Labute approximate surface area is 146 Å². The van der Waals surface area contributed by atoms with E-state index in [1.807, 2.05) is 0 Å². The molecule has 1 N–H and O–H groups in total. The molecule has 1 unspecified atom stereocenters.